The number of anilines is 1. The second-order valence-corrected chi connectivity index (χ2v) is 8.23. The molecule has 0 saturated heterocycles. The van der Waals surface area contributed by atoms with Crippen molar-refractivity contribution < 1.29 is 9.53 Å². The van der Waals surface area contributed by atoms with Crippen molar-refractivity contribution in [2.45, 2.75) is 20.0 Å². The molecule has 0 bridgehead atoms. The van der Waals surface area contributed by atoms with Crippen molar-refractivity contribution in [3.8, 4) is 11.3 Å². The highest BCUT2D eigenvalue weighted by Gasteiger charge is 2.18. The Morgan fingerprint density at radius 3 is 2.37 bits per heavy atom. The number of esters is 1. The lowest BCUT2D eigenvalue weighted by Gasteiger charge is -2.15. The highest BCUT2D eigenvalue weighted by molar-refractivity contribution is 5.96. The molecule has 0 aliphatic heterocycles. The molecule has 35 heavy (non-hydrogen) atoms. The summed E-state index contributed by atoms with van der Waals surface area (Å²) in [6.45, 7) is 2.42. The van der Waals surface area contributed by atoms with Crippen LogP contribution >= 0.6 is 0 Å². The van der Waals surface area contributed by atoms with Crippen molar-refractivity contribution >= 4 is 33.5 Å². The van der Waals surface area contributed by atoms with E-state index in [0.717, 1.165) is 22.0 Å². The highest BCUT2D eigenvalue weighted by Crippen LogP contribution is 2.28. The summed E-state index contributed by atoms with van der Waals surface area (Å²) in [7, 11) is 0. The predicted octanol–water partition coefficient (Wildman–Crippen LogP) is 5.39. The first kappa shape index (κ1) is 22.3. The van der Waals surface area contributed by atoms with E-state index in [1.807, 2.05) is 91.0 Å². The lowest BCUT2D eigenvalue weighted by atomic mass is 10.1. The smallest absolute Gasteiger partial charge is 0.326 e. The fourth-order valence-corrected chi connectivity index (χ4v) is 4.23. The fourth-order valence-electron chi connectivity index (χ4n) is 4.23. The number of rotatable bonds is 7. The third-order valence-electron chi connectivity index (χ3n) is 5.91. The predicted molar refractivity (Wildman–Crippen MR) is 139 cm³/mol. The van der Waals surface area contributed by atoms with Crippen LogP contribution in [0, 0.1) is 0 Å². The molecule has 1 aromatic heterocycles. The summed E-state index contributed by atoms with van der Waals surface area (Å²) in [5.41, 5.74) is 3.79. The molecular formula is C29H25N3O3. The van der Waals surface area contributed by atoms with Gasteiger partial charge in [0.15, 0.2) is 0 Å². The Bertz CT molecular complexity index is 1580. The van der Waals surface area contributed by atoms with E-state index in [1.165, 1.54) is 4.57 Å². The van der Waals surface area contributed by atoms with Gasteiger partial charge < -0.3 is 10.1 Å². The minimum atomic E-state index is -0.461. The third-order valence-corrected chi connectivity index (χ3v) is 5.91. The molecule has 0 spiro atoms. The number of aromatic nitrogens is 2. The molecule has 0 radical (unpaired) electrons. The van der Waals surface area contributed by atoms with Crippen LogP contribution in [0.25, 0.3) is 33.1 Å². The summed E-state index contributed by atoms with van der Waals surface area (Å²) in [6.07, 6.45) is 0. The molecule has 0 aliphatic carbocycles. The number of para-hydroxylation sites is 1. The van der Waals surface area contributed by atoms with Crippen molar-refractivity contribution in [1.82, 2.24) is 9.55 Å². The molecule has 6 heteroatoms. The number of ether oxygens (including phenoxy) is 1. The Morgan fingerprint density at radius 1 is 0.914 bits per heavy atom. The van der Waals surface area contributed by atoms with Crippen LogP contribution < -0.4 is 10.9 Å². The maximum atomic E-state index is 13.8. The van der Waals surface area contributed by atoms with Gasteiger partial charge in [-0.1, -0.05) is 72.8 Å². The number of carbonyl (C=O) groups is 1. The van der Waals surface area contributed by atoms with Gasteiger partial charge >= 0.3 is 5.97 Å². The summed E-state index contributed by atoms with van der Waals surface area (Å²) in [5.74, 6) is -0.461. The standard InChI is InChI=1S/C29H25N3O3/c1-2-35-27(33)19-32-26-17-22-13-7-6-12-21(22)16-25(26)31-28(29(32)34)23-14-8-9-15-24(23)30-18-20-10-4-3-5-11-20/h3-17,30H,2,18-19H2,1H3. The maximum Gasteiger partial charge on any atom is 0.326 e. The molecular weight excluding hydrogens is 438 g/mol. The molecule has 174 valence electrons. The summed E-state index contributed by atoms with van der Waals surface area (Å²) < 4.78 is 6.63. The average Bonchev–Trinajstić information content (AvgIpc) is 2.89. The highest BCUT2D eigenvalue weighted by atomic mass is 16.5. The first-order valence-corrected chi connectivity index (χ1v) is 11.6. The van der Waals surface area contributed by atoms with E-state index in [9.17, 15) is 9.59 Å². The molecule has 0 saturated carbocycles. The van der Waals surface area contributed by atoms with E-state index in [0.29, 0.717) is 23.1 Å². The zero-order valence-electron chi connectivity index (χ0n) is 19.4. The van der Waals surface area contributed by atoms with Gasteiger partial charge in [-0.25, -0.2) is 4.98 Å². The van der Waals surface area contributed by atoms with Crippen LogP contribution in [0.2, 0.25) is 0 Å². The molecule has 5 aromatic rings. The number of nitrogens with one attached hydrogen (secondary N) is 1. The van der Waals surface area contributed by atoms with Gasteiger partial charge in [-0.2, -0.15) is 0 Å². The van der Waals surface area contributed by atoms with E-state index in [1.54, 1.807) is 6.92 Å². The van der Waals surface area contributed by atoms with Crippen LogP contribution in [0.4, 0.5) is 5.69 Å². The Balaban J connectivity index is 1.67. The minimum absolute atomic E-state index is 0.184. The lowest BCUT2D eigenvalue weighted by Crippen LogP contribution is -2.28. The average molecular weight is 464 g/mol. The van der Waals surface area contributed by atoms with Crippen molar-refractivity contribution in [3.05, 3.63) is 107 Å². The van der Waals surface area contributed by atoms with Gasteiger partial charge in [0.2, 0.25) is 0 Å². The molecule has 0 aliphatic rings. The monoisotopic (exact) mass is 463 g/mol. The van der Waals surface area contributed by atoms with Gasteiger partial charge in [0.05, 0.1) is 17.6 Å². The number of hydrogen-bond acceptors (Lipinski definition) is 5. The maximum absolute atomic E-state index is 13.8. The molecule has 0 amide bonds. The van der Waals surface area contributed by atoms with E-state index in [-0.39, 0.29) is 24.4 Å². The quantitative estimate of drug-likeness (QED) is 0.259. The van der Waals surface area contributed by atoms with Gasteiger partial charge in [0.25, 0.3) is 5.56 Å². The second kappa shape index (κ2) is 9.81. The first-order chi connectivity index (χ1) is 17.1. The second-order valence-electron chi connectivity index (χ2n) is 8.23. The largest absolute Gasteiger partial charge is 0.465 e. The Labute approximate surface area is 202 Å². The summed E-state index contributed by atoms with van der Waals surface area (Å²) in [4.78, 5) is 31.0. The minimum Gasteiger partial charge on any atom is -0.465 e. The number of carbonyl (C=O) groups excluding carboxylic acids is 1. The Kier molecular flexibility index (Phi) is 6.26. The van der Waals surface area contributed by atoms with Crippen LogP contribution in [0.1, 0.15) is 12.5 Å². The molecule has 0 fully saturated rings. The molecule has 0 unspecified atom stereocenters. The van der Waals surface area contributed by atoms with Crippen LogP contribution in [-0.2, 0) is 22.6 Å². The van der Waals surface area contributed by atoms with Gasteiger partial charge in [0.1, 0.15) is 12.2 Å². The lowest BCUT2D eigenvalue weighted by molar-refractivity contribution is -0.143. The summed E-state index contributed by atoms with van der Waals surface area (Å²) in [5, 5.41) is 5.41. The van der Waals surface area contributed by atoms with E-state index in [2.05, 4.69) is 5.32 Å². The summed E-state index contributed by atoms with van der Waals surface area (Å²) in [6, 6.07) is 29.4. The number of nitrogens with zero attached hydrogens (tertiary/aromatic N) is 2. The third kappa shape index (κ3) is 4.64. The topological polar surface area (TPSA) is 73.2 Å². The van der Waals surface area contributed by atoms with Crippen molar-refractivity contribution in [2.75, 3.05) is 11.9 Å². The number of fused-ring (bicyclic) bond motifs is 2. The molecule has 5 rings (SSSR count). The number of hydrogen-bond donors (Lipinski definition) is 1. The van der Waals surface area contributed by atoms with E-state index in [4.69, 9.17) is 9.72 Å². The van der Waals surface area contributed by atoms with Crippen LogP contribution in [0.3, 0.4) is 0 Å². The van der Waals surface area contributed by atoms with Crippen molar-refractivity contribution in [3.63, 3.8) is 0 Å². The van der Waals surface area contributed by atoms with Gasteiger partial charge in [-0.3, -0.25) is 14.2 Å². The fraction of sp³-hybridized carbons (Fsp3) is 0.138. The molecule has 1 N–H and O–H groups in total. The van der Waals surface area contributed by atoms with E-state index < -0.39 is 5.97 Å². The van der Waals surface area contributed by atoms with Crippen LogP contribution in [-0.4, -0.2) is 22.1 Å². The molecule has 6 nitrogen and oxygen atoms in total. The zero-order chi connectivity index (χ0) is 24.2. The van der Waals surface area contributed by atoms with E-state index >= 15 is 0 Å². The molecule has 0 atom stereocenters. The van der Waals surface area contributed by atoms with Crippen molar-refractivity contribution in [1.29, 1.82) is 0 Å². The van der Waals surface area contributed by atoms with Gasteiger partial charge in [-0.05, 0) is 41.5 Å². The van der Waals surface area contributed by atoms with Crippen LogP contribution in [0.5, 0.6) is 0 Å². The van der Waals surface area contributed by atoms with Crippen LogP contribution in [0.15, 0.2) is 95.8 Å². The molecule has 4 aromatic carbocycles. The van der Waals surface area contributed by atoms with Gasteiger partial charge in [0, 0.05) is 17.8 Å². The Morgan fingerprint density at radius 2 is 1.60 bits per heavy atom. The SMILES string of the molecule is CCOC(=O)Cn1c(=O)c(-c2ccccc2NCc2ccccc2)nc2cc3ccccc3cc21. The zero-order valence-corrected chi connectivity index (χ0v) is 19.4. The Hall–Kier alpha value is -4.45. The molecule has 1 heterocycles. The van der Waals surface area contributed by atoms with Crippen molar-refractivity contribution in [2.24, 2.45) is 0 Å². The number of benzene rings is 4. The summed E-state index contributed by atoms with van der Waals surface area (Å²) >= 11 is 0. The normalized spacial score (nSPS) is 11.0. The van der Waals surface area contributed by atoms with Gasteiger partial charge in [-0.15, -0.1) is 0 Å². The first-order valence-electron chi connectivity index (χ1n) is 11.6.